The lowest BCUT2D eigenvalue weighted by Crippen LogP contribution is -2.12. The number of pyridine rings is 1. The van der Waals surface area contributed by atoms with E-state index in [2.05, 4.69) is 33.3 Å². The van der Waals surface area contributed by atoms with E-state index in [1.165, 1.54) is 7.11 Å². The van der Waals surface area contributed by atoms with Crippen molar-refractivity contribution in [2.24, 2.45) is 0 Å². The van der Waals surface area contributed by atoms with Gasteiger partial charge < -0.3 is 15.2 Å². The van der Waals surface area contributed by atoms with Crippen molar-refractivity contribution < 1.29 is 9.84 Å². The second-order valence-corrected chi connectivity index (χ2v) is 5.95. The third kappa shape index (κ3) is 4.08. The number of benzene rings is 1. The average Bonchev–Trinajstić information content (AvgIpc) is 2.69. The third-order valence-electron chi connectivity index (χ3n) is 4.10. The summed E-state index contributed by atoms with van der Waals surface area (Å²) in [7, 11) is 1.52. The van der Waals surface area contributed by atoms with Crippen LogP contribution in [0.1, 0.15) is 31.4 Å². The molecule has 0 aliphatic heterocycles. The lowest BCUT2D eigenvalue weighted by atomic mass is 10.0. The molecule has 3 rings (SSSR count). The summed E-state index contributed by atoms with van der Waals surface area (Å²) in [6, 6.07) is 9.23. The van der Waals surface area contributed by atoms with Crippen LogP contribution in [0.3, 0.4) is 0 Å². The van der Waals surface area contributed by atoms with Crippen LogP contribution in [0.15, 0.2) is 55.1 Å². The van der Waals surface area contributed by atoms with Crippen LogP contribution in [0.4, 0.5) is 5.82 Å². The summed E-state index contributed by atoms with van der Waals surface area (Å²) in [5.41, 5.74) is 2.65. The van der Waals surface area contributed by atoms with Gasteiger partial charge in [0.1, 0.15) is 5.82 Å². The van der Waals surface area contributed by atoms with Gasteiger partial charge >= 0.3 is 0 Å². The van der Waals surface area contributed by atoms with E-state index in [1.54, 1.807) is 36.8 Å². The molecule has 0 fully saturated rings. The van der Waals surface area contributed by atoms with Crippen molar-refractivity contribution >= 4 is 5.82 Å². The molecule has 0 radical (unpaired) electrons. The van der Waals surface area contributed by atoms with Crippen LogP contribution in [0.25, 0.3) is 11.3 Å². The van der Waals surface area contributed by atoms with Crippen molar-refractivity contribution in [2.75, 3.05) is 12.4 Å². The molecule has 2 heterocycles. The van der Waals surface area contributed by atoms with Crippen LogP contribution in [0.2, 0.25) is 0 Å². The van der Waals surface area contributed by atoms with E-state index < -0.39 is 0 Å². The number of anilines is 1. The maximum absolute atomic E-state index is 9.76. The first-order valence-electron chi connectivity index (χ1n) is 8.57. The Hall–Kier alpha value is -3.15. The summed E-state index contributed by atoms with van der Waals surface area (Å²) in [5.74, 6) is 1.19. The Morgan fingerprint density at radius 3 is 2.77 bits per heavy atom. The Bertz CT molecular complexity index is 855. The maximum atomic E-state index is 9.76. The number of aromatic nitrogens is 3. The van der Waals surface area contributed by atoms with Crippen LogP contribution >= 0.6 is 0 Å². The fraction of sp³-hybridized carbons (Fsp3) is 0.250. The number of methoxy groups -OCH3 is 1. The highest BCUT2D eigenvalue weighted by Gasteiger charge is 2.13. The Balaban J connectivity index is 1.86. The number of hydrogen-bond acceptors (Lipinski definition) is 6. The van der Waals surface area contributed by atoms with Gasteiger partial charge in [-0.3, -0.25) is 9.97 Å². The molecule has 0 saturated heterocycles. The van der Waals surface area contributed by atoms with Gasteiger partial charge in [-0.2, -0.15) is 0 Å². The zero-order valence-electron chi connectivity index (χ0n) is 14.9. The van der Waals surface area contributed by atoms with Gasteiger partial charge in [0.2, 0.25) is 0 Å². The predicted molar refractivity (Wildman–Crippen MR) is 101 cm³/mol. The number of ether oxygens (including phenoxy) is 1. The summed E-state index contributed by atoms with van der Waals surface area (Å²) < 4.78 is 5.17. The van der Waals surface area contributed by atoms with Gasteiger partial charge in [0.25, 0.3) is 0 Å². The van der Waals surface area contributed by atoms with Crippen LogP contribution in [-0.2, 0) is 0 Å². The first kappa shape index (κ1) is 17.7. The minimum atomic E-state index is 0.0954. The molecule has 0 aliphatic rings. The molecule has 6 nitrogen and oxygen atoms in total. The molecule has 26 heavy (non-hydrogen) atoms. The number of rotatable bonds is 7. The highest BCUT2D eigenvalue weighted by atomic mass is 16.5. The molecular formula is C20H22N4O2. The minimum absolute atomic E-state index is 0.0954. The van der Waals surface area contributed by atoms with Crippen molar-refractivity contribution in [3.8, 4) is 22.8 Å². The van der Waals surface area contributed by atoms with Gasteiger partial charge in [-0.1, -0.05) is 19.4 Å². The average molecular weight is 350 g/mol. The molecule has 0 saturated carbocycles. The lowest BCUT2D eigenvalue weighted by Gasteiger charge is -2.19. The fourth-order valence-electron chi connectivity index (χ4n) is 2.78. The summed E-state index contributed by atoms with van der Waals surface area (Å²) in [4.78, 5) is 13.2. The molecule has 2 aromatic heterocycles. The fourth-order valence-corrected chi connectivity index (χ4v) is 2.78. The summed E-state index contributed by atoms with van der Waals surface area (Å²) >= 11 is 0. The van der Waals surface area contributed by atoms with E-state index in [1.807, 2.05) is 12.3 Å². The van der Waals surface area contributed by atoms with Gasteiger partial charge in [0.05, 0.1) is 31.2 Å². The Kier molecular flexibility index (Phi) is 5.63. The lowest BCUT2D eigenvalue weighted by molar-refractivity contribution is 0.373. The van der Waals surface area contributed by atoms with Crippen molar-refractivity contribution in [2.45, 2.75) is 25.8 Å². The molecule has 3 aromatic rings. The van der Waals surface area contributed by atoms with Crippen LogP contribution in [-0.4, -0.2) is 27.2 Å². The van der Waals surface area contributed by atoms with Crippen LogP contribution < -0.4 is 10.1 Å². The van der Waals surface area contributed by atoms with Crippen molar-refractivity contribution in [3.63, 3.8) is 0 Å². The first-order chi connectivity index (χ1) is 12.7. The Morgan fingerprint density at radius 1 is 1.15 bits per heavy atom. The van der Waals surface area contributed by atoms with E-state index in [-0.39, 0.29) is 11.8 Å². The summed E-state index contributed by atoms with van der Waals surface area (Å²) in [6.07, 6.45) is 9.04. The molecule has 0 spiro atoms. The SMILES string of the molecule is CCC[C@H](Nc1cncc(-c2ccc(O)c(OC)c2)n1)c1cccnc1. The molecule has 0 amide bonds. The summed E-state index contributed by atoms with van der Waals surface area (Å²) in [6.45, 7) is 2.15. The van der Waals surface area contributed by atoms with E-state index in [0.29, 0.717) is 17.3 Å². The Morgan fingerprint density at radius 2 is 2.04 bits per heavy atom. The monoisotopic (exact) mass is 350 g/mol. The largest absolute Gasteiger partial charge is 0.504 e. The standard InChI is InChI=1S/C20H22N4O2/c1-3-5-16(15-6-4-9-21-11-15)23-20-13-22-12-17(24-20)14-7-8-18(25)19(10-14)26-2/h4,6-13,16,25H,3,5H2,1-2H3,(H,23,24)/t16-/m0/s1. The molecule has 0 unspecified atom stereocenters. The van der Waals surface area contributed by atoms with E-state index in [0.717, 1.165) is 24.0 Å². The minimum Gasteiger partial charge on any atom is -0.504 e. The van der Waals surface area contributed by atoms with Gasteiger partial charge in [-0.05, 0) is 36.2 Å². The number of aromatic hydroxyl groups is 1. The number of phenolic OH excluding ortho intramolecular Hbond substituents is 1. The maximum Gasteiger partial charge on any atom is 0.161 e. The highest BCUT2D eigenvalue weighted by molar-refractivity contribution is 5.64. The molecule has 0 bridgehead atoms. The van der Waals surface area contributed by atoms with Gasteiger partial charge in [-0.25, -0.2) is 4.98 Å². The predicted octanol–water partition coefficient (Wildman–Crippen LogP) is 4.21. The van der Waals surface area contributed by atoms with E-state index >= 15 is 0 Å². The van der Waals surface area contributed by atoms with Crippen molar-refractivity contribution in [3.05, 3.63) is 60.7 Å². The van der Waals surface area contributed by atoms with Crippen molar-refractivity contribution in [1.82, 2.24) is 15.0 Å². The second kappa shape index (κ2) is 8.29. The van der Waals surface area contributed by atoms with Crippen LogP contribution in [0.5, 0.6) is 11.5 Å². The van der Waals surface area contributed by atoms with Gasteiger partial charge in [0, 0.05) is 18.0 Å². The molecule has 6 heteroatoms. The molecule has 134 valence electrons. The molecule has 2 N–H and O–H groups in total. The summed E-state index contributed by atoms with van der Waals surface area (Å²) in [5, 5.41) is 13.2. The number of phenols is 1. The molecule has 0 aliphatic carbocycles. The van der Waals surface area contributed by atoms with Gasteiger partial charge in [-0.15, -0.1) is 0 Å². The quantitative estimate of drug-likeness (QED) is 0.664. The first-order valence-corrected chi connectivity index (χ1v) is 8.57. The highest BCUT2D eigenvalue weighted by Crippen LogP contribution is 2.31. The number of nitrogens with zero attached hydrogens (tertiary/aromatic N) is 3. The molecule has 1 atom stereocenters. The topological polar surface area (TPSA) is 80.2 Å². The smallest absolute Gasteiger partial charge is 0.161 e. The third-order valence-corrected chi connectivity index (χ3v) is 4.10. The zero-order chi connectivity index (χ0) is 18.4. The van der Waals surface area contributed by atoms with Crippen LogP contribution in [0, 0.1) is 0 Å². The second-order valence-electron chi connectivity index (χ2n) is 5.95. The molecular weight excluding hydrogens is 328 g/mol. The van der Waals surface area contributed by atoms with E-state index in [9.17, 15) is 5.11 Å². The number of hydrogen-bond donors (Lipinski definition) is 2. The van der Waals surface area contributed by atoms with Gasteiger partial charge in [0.15, 0.2) is 11.5 Å². The van der Waals surface area contributed by atoms with Crippen molar-refractivity contribution in [1.29, 1.82) is 0 Å². The van der Waals surface area contributed by atoms with E-state index in [4.69, 9.17) is 4.74 Å². The normalized spacial score (nSPS) is 11.8. The molecule has 1 aromatic carbocycles. The number of nitrogens with one attached hydrogen (secondary N) is 1. The Labute approximate surface area is 152 Å². The zero-order valence-corrected chi connectivity index (χ0v) is 14.9.